The molecule has 1 saturated heterocycles. The molecular weight excluding hydrogens is 138 g/mol. The van der Waals surface area contributed by atoms with Gasteiger partial charge in [0.1, 0.15) is 0 Å². The van der Waals surface area contributed by atoms with E-state index in [2.05, 4.69) is 25.7 Å². The quantitative estimate of drug-likeness (QED) is 0.602. The number of methoxy groups -OCH3 is 1. The normalized spacial score (nSPS) is 33.5. The van der Waals surface area contributed by atoms with Gasteiger partial charge in [0.05, 0.1) is 5.60 Å². The van der Waals surface area contributed by atoms with Gasteiger partial charge in [0.25, 0.3) is 0 Å². The average molecular weight is 157 g/mol. The summed E-state index contributed by atoms with van der Waals surface area (Å²) in [5.41, 5.74) is 0.115. The van der Waals surface area contributed by atoms with Gasteiger partial charge in [-0.2, -0.15) is 0 Å². The van der Waals surface area contributed by atoms with E-state index < -0.39 is 0 Å². The van der Waals surface area contributed by atoms with E-state index in [1.165, 1.54) is 13.0 Å². The zero-order valence-corrected chi connectivity index (χ0v) is 8.05. The summed E-state index contributed by atoms with van der Waals surface area (Å²) in [7, 11) is 1.81. The van der Waals surface area contributed by atoms with Crippen LogP contribution in [0, 0.1) is 0 Å². The minimum absolute atomic E-state index is 0.115. The number of rotatable bonds is 2. The molecule has 1 fully saturated rings. The molecule has 1 atom stereocenters. The molecule has 2 heteroatoms. The minimum atomic E-state index is 0.115. The highest BCUT2D eigenvalue weighted by atomic mass is 16.5. The average Bonchev–Trinajstić information content (AvgIpc) is 2.33. The Balaban J connectivity index is 2.46. The maximum atomic E-state index is 5.44. The van der Waals surface area contributed by atoms with Crippen molar-refractivity contribution in [3.8, 4) is 0 Å². The van der Waals surface area contributed by atoms with E-state index in [0.29, 0.717) is 6.04 Å². The van der Waals surface area contributed by atoms with Crippen molar-refractivity contribution in [2.45, 2.75) is 38.8 Å². The maximum absolute atomic E-state index is 5.44. The van der Waals surface area contributed by atoms with Crippen LogP contribution in [-0.2, 0) is 4.74 Å². The van der Waals surface area contributed by atoms with Crippen LogP contribution in [0.2, 0.25) is 0 Å². The predicted octanol–water partition coefficient (Wildman–Crippen LogP) is 1.51. The van der Waals surface area contributed by atoms with Crippen LogP contribution in [-0.4, -0.2) is 36.7 Å². The lowest BCUT2D eigenvalue weighted by Crippen LogP contribution is -2.35. The Morgan fingerprint density at radius 2 is 2.09 bits per heavy atom. The molecule has 0 bridgehead atoms. The molecular formula is C9H19NO. The molecule has 0 aromatic heterocycles. The van der Waals surface area contributed by atoms with Gasteiger partial charge in [-0.05, 0) is 27.2 Å². The van der Waals surface area contributed by atoms with Crippen LogP contribution >= 0.6 is 0 Å². The third-order valence-corrected chi connectivity index (χ3v) is 2.69. The Kier molecular flexibility index (Phi) is 2.55. The first-order chi connectivity index (χ1) is 5.07. The molecule has 1 aliphatic rings. The van der Waals surface area contributed by atoms with Crippen LogP contribution in [0.4, 0.5) is 0 Å². The van der Waals surface area contributed by atoms with Crippen molar-refractivity contribution < 1.29 is 4.74 Å². The van der Waals surface area contributed by atoms with Crippen molar-refractivity contribution in [3.05, 3.63) is 0 Å². The zero-order valence-electron chi connectivity index (χ0n) is 8.05. The van der Waals surface area contributed by atoms with Crippen LogP contribution in [0.25, 0.3) is 0 Å². The molecule has 0 aliphatic carbocycles. The number of likely N-dealkylation sites (tertiary alicyclic amines) is 1. The predicted molar refractivity (Wildman–Crippen MR) is 46.7 cm³/mol. The van der Waals surface area contributed by atoms with E-state index in [4.69, 9.17) is 4.74 Å². The summed E-state index contributed by atoms with van der Waals surface area (Å²) >= 11 is 0. The fraction of sp³-hybridized carbons (Fsp3) is 1.00. The highest BCUT2D eigenvalue weighted by Gasteiger charge is 2.34. The van der Waals surface area contributed by atoms with Gasteiger partial charge in [0.15, 0.2) is 0 Å². The SMILES string of the molecule is CO[C@]1(C)CCN(C(C)C)C1. The van der Waals surface area contributed by atoms with Gasteiger partial charge in [0, 0.05) is 26.2 Å². The second kappa shape index (κ2) is 3.11. The summed E-state index contributed by atoms with van der Waals surface area (Å²) < 4.78 is 5.44. The van der Waals surface area contributed by atoms with Gasteiger partial charge in [-0.25, -0.2) is 0 Å². The van der Waals surface area contributed by atoms with Crippen LogP contribution in [0.15, 0.2) is 0 Å². The molecule has 0 unspecified atom stereocenters. The van der Waals surface area contributed by atoms with Gasteiger partial charge >= 0.3 is 0 Å². The van der Waals surface area contributed by atoms with Gasteiger partial charge in [-0.15, -0.1) is 0 Å². The lowest BCUT2D eigenvalue weighted by atomic mass is 10.1. The van der Waals surface area contributed by atoms with Gasteiger partial charge < -0.3 is 4.74 Å². The van der Waals surface area contributed by atoms with Crippen LogP contribution in [0.5, 0.6) is 0 Å². The molecule has 0 amide bonds. The third-order valence-electron chi connectivity index (χ3n) is 2.69. The lowest BCUT2D eigenvalue weighted by molar-refractivity contribution is 0.0124. The fourth-order valence-corrected chi connectivity index (χ4v) is 1.58. The molecule has 66 valence electrons. The summed E-state index contributed by atoms with van der Waals surface area (Å²) in [6.07, 6.45) is 1.17. The molecule has 1 aliphatic heterocycles. The van der Waals surface area contributed by atoms with Gasteiger partial charge in [-0.3, -0.25) is 4.90 Å². The molecule has 0 N–H and O–H groups in total. The second-order valence-electron chi connectivity index (χ2n) is 3.97. The molecule has 11 heavy (non-hydrogen) atoms. The number of hydrogen-bond acceptors (Lipinski definition) is 2. The van der Waals surface area contributed by atoms with E-state index in [1.54, 1.807) is 0 Å². The van der Waals surface area contributed by atoms with Crippen LogP contribution in [0.1, 0.15) is 27.2 Å². The summed E-state index contributed by atoms with van der Waals surface area (Å²) in [5, 5.41) is 0. The van der Waals surface area contributed by atoms with Crippen LogP contribution in [0.3, 0.4) is 0 Å². The molecule has 0 spiro atoms. The number of hydrogen-bond donors (Lipinski definition) is 0. The van der Waals surface area contributed by atoms with E-state index >= 15 is 0 Å². The minimum Gasteiger partial charge on any atom is -0.377 e. The van der Waals surface area contributed by atoms with Crippen molar-refractivity contribution >= 4 is 0 Å². The van der Waals surface area contributed by atoms with Gasteiger partial charge in [-0.1, -0.05) is 0 Å². The van der Waals surface area contributed by atoms with E-state index in [-0.39, 0.29) is 5.60 Å². The van der Waals surface area contributed by atoms with Crippen molar-refractivity contribution in [2.24, 2.45) is 0 Å². The number of nitrogens with zero attached hydrogens (tertiary/aromatic N) is 1. The smallest absolute Gasteiger partial charge is 0.0789 e. The molecule has 0 radical (unpaired) electrons. The van der Waals surface area contributed by atoms with Crippen molar-refractivity contribution in [3.63, 3.8) is 0 Å². The van der Waals surface area contributed by atoms with E-state index in [1.807, 2.05) is 7.11 Å². The summed E-state index contributed by atoms with van der Waals surface area (Å²) in [4.78, 5) is 2.46. The molecule has 1 heterocycles. The first kappa shape index (κ1) is 9.01. The van der Waals surface area contributed by atoms with Gasteiger partial charge in [0.2, 0.25) is 0 Å². The molecule has 1 rings (SSSR count). The Morgan fingerprint density at radius 3 is 2.36 bits per heavy atom. The highest BCUT2D eigenvalue weighted by Crippen LogP contribution is 2.25. The topological polar surface area (TPSA) is 12.5 Å². The Bertz CT molecular complexity index is 136. The maximum Gasteiger partial charge on any atom is 0.0789 e. The number of ether oxygens (including phenoxy) is 1. The van der Waals surface area contributed by atoms with E-state index in [9.17, 15) is 0 Å². The third kappa shape index (κ3) is 1.94. The van der Waals surface area contributed by atoms with Crippen molar-refractivity contribution in [2.75, 3.05) is 20.2 Å². The Labute approximate surface area is 69.5 Å². The molecule has 2 nitrogen and oxygen atoms in total. The highest BCUT2D eigenvalue weighted by molar-refractivity contribution is 4.88. The standard InChI is InChI=1S/C9H19NO/c1-8(2)10-6-5-9(3,7-10)11-4/h8H,5-7H2,1-4H3/t9-/m1/s1. The molecule has 0 saturated carbocycles. The largest absolute Gasteiger partial charge is 0.377 e. The zero-order chi connectivity index (χ0) is 8.48. The second-order valence-corrected chi connectivity index (χ2v) is 3.97. The summed E-state index contributed by atoms with van der Waals surface area (Å²) in [6.45, 7) is 8.93. The Morgan fingerprint density at radius 1 is 1.45 bits per heavy atom. The molecule has 0 aromatic rings. The van der Waals surface area contributed by atoms with Crippen LogP contribution < -0.4 is 0 Å². The lowest BCUT2D eigenvalue weighted by Gasteiger charge is -2.25. The first-order valence-electron chi connectivity index (χ1n) is 4.36. The summed E-state index contributed by atoms with van der Waals surface area (Å²) in [6, 6.07) is 0.659. The van der Waals surface area contributed by atoms with Crippen molar-refractivity contribution in [1.82, 2.24) is 4.90 Å². The summed E-state index contributed by atoms with van der Waals surface area (Å²) in [5.74, 6) is 0. The monoisotopic (exact) mass is 157 g/mol. The Hall–Kier alpha value is -0.0800. The van der Waals surface area contributed by atoms with Crippen molar-refractivity contribution in [1.29, 1.82) is 0 Å². The first-order valence-corrected chi connectivity index (χ1v) is 4.36. The fourth-order valence-electron chi connectivity index (χ4n) is 1.58. The van der Waals surface area contributed by atoms with E-state index in [0.717, 1.165) is 6.54 Å². The molecule has 0 aromatic carbocycles.